The molecule has 1 aromatic rings. The van der Waals surface area contributed by atoms with E-state index in [4.69, 9.17) is 11.6 Å². The van der Waals surface area contributed by atoms with Crippen LogP contribution in [0.4, 0.5) is 4.79 Å². The summed E-state index contributed by atoms with van der Waals surface area (Å²) in [6.07, 6.45) is 5.09. The predicted molar refractivity (Wildman–Crippen MR) is 98.0 cm³/mol. The summed E-state index contributed by atoms with van der Waals surface area (Å²) in [7, 11) is 0. The maximum Gasteiger partial charge on any atom is 0.320 e. The lowest BCUT2D eigenvalue weighted by Crippen LogP contribution is -2.49. The fourth-order valence-corrected chi connectivity index (χ4v) is 3.62. The topological polar surface area (TPSA) is 23.6 Å². The van der Waals surface area contributed by atoms with Crippen LogP contribution in [0, 0.1) is 11.8 Å². The summed E-state index contributed by atoms with van der Waals surface area (Å²) in [5.41, 5.74) is 1.84. The van der Waals surface area contributed by atoms with Crippen molar-refractivity contribution in [3.05, 3.63) is 46.5 Å². The SMILES string of the molecule is CC1(C)/C(=C/C#Cc2cccc(Cl)c2)CCN1C(=O)N1CCCC1. The van der Waals surface area contributed by atoms with Crippen LogP contribution in [0.15, 0.2) is 35.9 Å². The number of halogens is 1. The molecule has 0 unspecified atom stereocenters. The minimum absolute atomic E-state index is 0.170. The van der Waals surface area contributed by atoms with E-state index in [0.717, 1.165) is 44.5 Å². The molecular formula is C20H23ClN2O. The van der Waals surface area contributed by atoms with Gasteiger partial charge in [0.25, 0.3) is 0 Å². The van der Waals surface area contributed by atoms with Gasteiger partial charge in [0.2, 0.25) is 0 Å². The zero-order valence-corrected chi connectivity index (χ0v) is 15.1. The van der Waals surface area contributed by atoms with Gasteiger partial charge in [-0.1, -0.05) is 29.5 Å². The van der Waals surface area contributed by atoms with E-state index in [1.807, 2.05) is 40.1 Å². The second-order valence-corrected chi connectivity index (χ2v) is 7.32. The summed E-state index contributed by atoms with van der Waals surface area (Å²) in [4.78, 5) is 16.7. The van der Waals surface area contributed by atoms with Gasteiger partial charge >= 0.3 is 6.03 Å². The second-order valence-electron chi connectivity index (χ2n) is 6.89. The quantitative estimate of drug-likeness (QED) is 0.644. The van der Waals surface area contributed by atoms with Crippen molar-refractivity contribution in [1.29, 1.82) is 0 Å². The molecule has 2 aliphatic heterocycles. The number of carbonyl (C=O) groups excluding carboxylic acids is 1. The fraction of sp³-hybridized carbons (Fsp3) is 0.450. The van der Waals surface area contributed by atoms with Crippen molar-refractivity contribution in [2.45, 2.75) is 38.6 Å². The maximum atomic E-state index is 12.7. The second kappa shape index (κ2) is 6.91. The molecule has 0 aromatic heterocycles. The van der Waals surface area contributed by atoms with Crippen molar-refractivity contribution >= 4 is 17.6 Å². The minimum Gasteiger partial charge on any atom is -0.325 e. The third-order valence-electron chi connectivity index (χ3n) is 4.96. The van der Waals surface area contributed by atoms with E-state index in [0.29, 0.717) is 5.02 Å². The molecule has 126 valence electrons. The first-order valence-electron chi connectivity index (χ1n) is 8.51. The third-order valence-corrected chi connectivity index (χ3v) is 5.20. The van der Waals surface area contributed by atoms with E-state index in [1.54, 1.807) is 0 Å². The van der Waals surface area contributed by atoms with Gasteiger partial charge in [0, 0.05) is 30.2 Å². The summed E-state index contributed by atoms with van der Waals surface area (Å²) < 4.78 is 0. The molecule has 1 aromatic carbocycles. The fourth-order valence-electron chi connectivity index (χ4n) is 3.43. The lowest BCUT2D eigenvalue weighted by atomic mass is 9.95. The van der Waals surface area contributed by atoms with E-state index in [2.05, 4.69) is 25.7 Å². The van der Waals surface area contributed by atoms with Gasteiger partial charge in [-0.2, -0.15) is 0 Å². The van der Waals surface area contributed by atoms with E-state index < -0.39 is 0 Å². The first kappa shape index (κ1) is 16.9. The Morgan fingerprint density at radius 1 is 1.25 bits per heavy atom. The van der Waals surface area contributed by atoms with Crippen LogP contribution in [-0.4, -0.2) is 41.0 Å². The number of allylic oxidation sites excluding steroid dienone is 1. The molecule has 4 heteroatoms. The molecule has 0 saturated carbocycles. The molecule has 0 bridgehead atoms. The van der Waals surface area contributed by atoms with E-state index in [9.17, 15) is 4.79 Å². The Balaban J connectivity index is 1.74. The van der Waals surface area contributed by atoms with Crippen molar-refractivity contribution in [1.82, 2.24) is 9.80 Å². The number of carbonyl (C=O) groups is 1. The van der Waals surface area contributed by atoms with Crippen LogP contribution in [0.3, 0.4) is 0 Å². The molecule has 2 heterocycles. The van der Waals surface area contributed by atoms with Crippen molar-refractivity contribution in [3.8, 4) is 11.8 Å². The van der Waals surface area contributed by atoms with Crippen molar-refractivity contribution in [3.63, 3.8) is 0 Å². The molecule has 0 aliphatic carbocycles. The number of rotatable bonds is 0. The summed E-state index contributed by atoms with van der Waals surface area (Å²) in [6.45, 7) is 6.77. The largest absolute Gasteiger partial charge is 0.325 e. The molecule has 2 fully saturated rings. The highest BCUT2D eigenvalue weighted by Crippen LogP contribution is 2.35. The first-order valence-corrected chi connectivity index (χ1v) is 8.89. The number of likely N-dealkylation sites (tertiary alicyclic amines) is 2. The molecule has 2 amide bonds. The van der Waals surface area contributed by atoms with Crippen LogP contribution in [0.1, 0.15) is 38.7 Å². The van der Waals surface area contributed by atoms with E-state index >= 15 is 0 Å². The van der Waals surface area contributed by atoms with Crippen LogP contribution in [-0.2, 0) is 0 Å². The highest BCUT2D eigenvalue weighted by molar-refractivity contribution is 6.30. The molecule has 0 spiro atoms. The molecule has 2 saturated heterocycles. The highest BCUT2D eigenvalue weighted by atomic mass is 35.5. The number of nitrogens with zero attached hydrogens (tertiary/aromatic N) is 2. The van der Waals surface area contributed by atoms with E-state index in [-0.39, 0.29) is 11.6 Å². The van der Waals surface area contributed by atoms with Gasteiger partial charge in [-0.3, -0.25) is 0 Å². The number of amides is 2. The Morgan fingerprint density at radius 2 is 2.00 bits per heavy atom. The number of benzene rings is 1. The van der Waals surface area contributed by atoms with Crippen molar-refractivity contribution < 1.29 is 4.79 Å². The summed E-state index contributed by atoms with van der Waals surface area (Å²) in [6, 6.07) is 7.71. The van der Waals surface area contributed by atoms with Crippen molar-refractivity contribution in [2.75, 3.05) is 19.6 Å². The average molecular weight is 343 g/mol. The van der Waals surface area contributed by atoms with Gasteiger partial charge in [0.05, 0.1) is 5.54 Å². The monoisotopic (exact) mass is 342 g/mol. The summed E-state index contributed by atoms with van der Waals surface area (Å²) >= 11 is 5.98. The normalized spacial score (nSPS) is 21.0. The zero-order valence-electron chi connectivity index (χ0n) is 14.3. The van der Waals surface area contributed by atoms with Gasteiger partial charge in [-0.15, -0.1) is 0 Å². The first-order chi connectivity index (χ1) is 11.5. The number of hydrogen-bond acceptors (Lipinski definition) is 1. The molecule has 0 radical (unpaired) electrons. The van der Waals surface area contributed by atoms with Crippen molar-refractivity contribution in [2.24, 2.45) is 0 Å². The Bertz CT molecular complexity index is 721. The summed E-state index contributed by atoms with van der Waals surface area (Å²) in [5.74, 6) is 6.26. The zero-order chi connectivity index (χ0) is 17.2. The minimum atomic E-state index is -0.275. The van der Waals surface area contributed by atoms with Crippen LogP contribution in [0.5, 0.6) is 0 Å². The van der Waals surface area contributed by atoms with Crippen LogP contribution >= 0.6 is 11.6 Å². The maximum absolute atomic E-state index is 12.7. The highest BCUT2D eigenvalue weighted by Gasteiger charge is 2.41. The molecule has 2 aliphatic rings. The van der Waals surface area contributed by atoms with Gasteiger partial charge < -0.3 is 9.80 Å². The lowest BCUT2D eigenvalue weighted by molar-refractivity contribution is 0.141. The molecule has 3 rings (SSSR count). The van der Waals surface area contributed by atoms with Gasteiger partial charge in [0.1, 0.15) is 0 Å². The standard InChI is InChI=1S/C20H23ClN2O/c1-20(2)17(9-5-7-16-8-6-10-18(21)15-16)11-14-23(20)19(24)22-12-3-4-13-22/h6,8-10,15H,3-4,11-14H2,1-2H3/b17-9+. The number of hydrogen-bond donors (Lipinski definition) is 0. The van der Waals surface area contributed by atoms with Crippen LogP contribution < -0.4 is 0 Å². The number of urea groups is 1. The molecule has 24 heavy (non-hydrogen) atoms. The average Bonchev–Trinajstić information content (AvgIpc) is 3.16. The molecule has 0 atom stereocenters. The predicted octanol–water partition coefficient (Wildman–Crippen LogP) is 4.32. The van der Waals surface area contributed by atoms with E-state index in [1.165, 1.54) is 5.57 Å². The van der Waals surface area contributed by atoms with Gasteiger partial charge in [-0.25, -0.2) is 4.79 Å². The Labute approximate surface area is 149 Å². The Kier molecular flexibility index (Phi) is 4.87. The third kappa shape index (κ3) is 3.44. The summed E-state index contributed by atoms with van der Waals surface area (Å²) in [5, 5.41) is 0.693. The lowest BCUT2D eigenvalue weighted by Gasteiger charge is -2.35. The molecule has 3 nitrogen and oxygen atoms in total. The molecule has 0 N–H and O–H groups in total. The Hall–Kier alpha value is -1.92. The van der Waals surface area contributed by atoms with Gasteiger partial charge in [0.15, 0.2) is 0 Å². The Morgan fingerprint density at radius 3 is 2.71 bits per heavy atom. The molecular weight excluding hydrogens is 320 g/mol. The van der Waals surface area contributed by atoms with Crippen LogP contribution in [0.25, 0.3) is 0 Å². The van der Waals surface area contributed by atoms with Gasteiger partial charge in [-0.05, 0) is 63.0 Å². The van der Waals surface area contributed by atoms with Crippen LogP contribution in [0.2, 0.25) is 5.02 Å². The smallest absolute Gasteiger partial charge is 0.320 e.